The Morgan fingerprint density at radius 1 is 1.05 bits per heavy atom. The fraction of sp³-hybridized carbons (Fsp3) is 0.333. The molecule has 0 heterocycles. The number of halogens is 1. The van der Waals surface area contributed by atoms with Gasteiger partial charge in [0.2, 0.25) is 0 Å². The van der Waals surface area contributed by atoms with Crippen molar-refractivity contribution in [1.29, 1.82) is 0 Å². The Morgan fingerprint density at radius 3 is 2.43 bits per heavy atom. The van der Waals surface area contributed by atoms with Crippen LogP contribution in [0.25, 0.3) is 0 Å². The van der Waals surface area contributed by atoms with Crippen LogP contribution in [0.15, 0.2) is 36.4 Å². The number of rotatable bonds is 4. The largest absolute Gasteiger partial charge is 0.508 e. The fourth-order valence-corrected chi connectivity index (χ4v) is 3.16. The standard InChI is InChI=1S/C18H20ClNO/c1-20(11-13-5-7-17(19)8-6-13)12-16-9-14-3-2-4-15(14)10-18(16)21/h5-10,21H,2-4,11-12H2,1H3. The van der Waals surface area contributed by atoms with Gasteiger partial charge >= 0.3 is 0 Å². The van der Waals surface area contributed by atoms with Gasteiger partial charge in [-0.2, -0.15) is 0 Å². The van der Waals surface area contributed by atoms with Gasteiger partial charge in [0.05, 0.1) is 0 Å². The molecule has 0 atom stereocenters. The highest BCUT2D eigenvalue weighted by Gasteiger charge is 2.15. The summed E-state index contributed by atoms with van der Waals surface area (Å²) in [6, 6.07) is 12.0. The first-order valence-corrected chi connectivity index (χ1v) is 7.76. The Labute approximate surface area is 131 Å². The summed E-state index contributed by atoms with van der Waals surface area (Å²) in [5, 5.41) is 10.9. The fourth-order valence-electron chi connectivity index (χ4n) is 3.04. The molecule has 0 radical (unpaired) electrons. The number of benzene rings is 2. The molecule has 1 aliphatic carbocycles. The smallest absolute Gasteiger partial charge is 0.120 e. The SMILES string of the molecule is CN(Cc1ccc(Cl)cc1)Cc1cc2c(cc1O)CCC2. The zero-order valence-corrected chi connectivity index (χ0v) is 13.0. The monoisotopic (exact) mass is 301 g/mol. The predicted octanol–water partition coefficient (Wildman–Crippen LogP) is 4.17. The molecule has 21 heavy (non-hydrogen) atoms. The van der Waals surface area contributed by atoms with Gasteiger partial charge in [-0.1, -0.05) is 29.8 Å². The molecule has 0 aliphatic heterocycles. The van der Waals surface area contributed by atoms with Crippen molar-refractivity contribution in [3.63, 3.8) is 0 Å². The molecule has 3 rings (SSSR count). The Balaban J connectivity index is 1.70. The molecule has 1 N–H and O–H groups in total. The van der Waals surface area contributed by atoms with Crippen LogP contribution in [-0.2, 0) is 25.9 Å². The zero-order chi connectivity index (χ0) is 14.8. The highest BCUT2D eigenvalue weighted by molar-refractivity contribution is 6.30. The minimum atomic E-state index is 0.429. The predicted molar refractivity (Wildman–Crippen MR) is 86.8 cm³/mol. The summed E-state index contributed by atoms with van der Waals surface area (Å²) in [5.74, 6) is 0.429. The molecule has 0 saturated heterocycles. The molecule has 1 aliphatic rings. The number of aryl methyl sites for hydroxylation is 2. The molecule has 0 saturated carbocycles. The van der Waals surface area contributed by atoms with E-state index in [-0.39, 0.29) is 0 Å². The third kappa shape index (κ3) is 3.39. The van der Waals surface area contributed by atoms with Crippen LogP contribution in [0.3, 0.4) is 0 Å². The van der Waals surface area contributed by atoms with E-state index in [1.807, 2.05) is 30.3 Å². The Morgan fingerprint density at radius 2 is 1.71 bits per heavy atom. The summed E-state index contributed by atoms with van der Waals surface area (Å²) < 4.78 is 0. The van der Waals surface area contributed by atoms with E-state index >= 15 is 0 Å². The molecule has 0 unspecified atom stereocenters. The van der Waals surface area contributed by atoms with Gasteiger partial charge in [-0.3, -0.25) is 4.90 Å². The van der Waals surface area contributed by atoms with Crippen LogP contribution in [-0.4, -0.2) is 17.1 Å². The lowest BCUT2D eigenvalue weighted by molar-refractivity contribution is 0.312. The van der Waals surface area contributed by atoms with Crippen LogP contribution in [0.2, 0.25) is 5.02 Å². The summed E-state index contributed by atoms with van der Waals surface area (Å²) in [4.78, 5) is 2.21. The van der Waals surface area contributed by atoms with Gasteiger partial charge in [0.25, 0.3) is 0 Å². The normalized spacial score (nSPS) is 13.7. The maximum Gasteiger partial charge on any atom is 0.120 e. The lowest BCUT2D eigenvalue weighted by atomic mass is 10.0. The lowest BCUT2D eigenvalue weighted by Gasteiger charge is -2.18. The second-order valence-corrected chi connectivity index (χ2v) is 6.34. The maximum absolute atomic E-state index is 10.2. The first-order valence-electron chi connectivity index (χ1n) is 7.38. The summed E-state index contributed by atoms with van der Waals surface area (Å²) in [5.41, 5.74) is 4.97. The highest BCUT2D eigenvalue weighted by atomic mass is 35.5. The van der Waals surface area contributed by atoms with Crippen LogP contribution < -0.4 is 0 Å². The highest BCUT2D eigenvalue weighted by Crippen LogP contribution is 2.30. The molecule has 0 fully saturated rings. The second-order valence-electron chi connectivity index (χ2n) is 5.90. The van der Waals surface area contributed by atoms with Gasteiger partial charge in [0.15, 0.2) is 0 Å². The van der Waals surface area contributed by atoms with Crippen LogP contribution in [0.1, 0.15) is 28.7 Å². The van der Waals surface area contributed by atoms with E-state index < -0.39 is 0 Å². The summed E-state index contributed by atoms with van der Waals surface area (Å²) in [7, 11) is 2.07. The lowest BCUT2D eigenvalue weighted by Crippen LogP contribution is -2.17. The molecular weight excluding hydrogens is 282 g/mol. The second kappa shape index (κ2) is 6.08. The van der Waals surface area contributed by atoms with E-state index in [4.69, 9.17) is 11.6 Å². The van der Waals surface area contributed by atoms with Crippen molar-refractivity contribution in [1.82, 2.24) is 4.90 Å². The molecule has 0 spiro atoms. The minimum Gasteiger partial charge on any atom is -0.508 e. The van der Waals surface area contributed by atoms with E-state index in [1.165, 1.54) is 23.1 Å². The number of fused-ring (bicyclic) bond motifs is 1. The van der Waals surface area contributed by atoms with Crippen molar-refractivity contribution >= 4 is 11.6 Å². The van der Waals surface area contributed by atoms with Crippen molar-refractivity contribution in [3.05, 3.63) is 63.7 Å². The summed E-state index contributed by atoms with van der Waals surface area (Å²) in [6.45, 7) is 1.59. The number of phenolic OH excluding ortho intramolecular Hbond substituents is 1. The number of hydrogen-bond acceptors (Lipinski definition) is 2. The first kappa shape index (κ1) is 14.4. The molecule has 110 valence electrons. The molecule has 2 nitrogen and oxygen atoms in total. The number of nitrogens with zero attached hydrogens (tertiary/aromatic N) is 1. The van der Waals surface area contributed by atoms with Crippen LogP contribution >= 0.6 is 11.6 Å². The molecular formula is C18H20ClNO. The quantitative estimate of drug-likeness (QED) is 0.916. The molecule has 0 amide bonds. The van der Waals surface area contributed by atoms with E-state index in [1.54, 1.807) is 0 Å². The molecule has 0 aromatic heterocycles. The van der Waals surface area contributed by atoms with Crippen molar-refractivity contribution in [2.24, 2.45) is 0 Å². The third-order valence-electron chi connectivity index (χ3n) is 4.10. The van der Waals surface area contributed by atoms with Gasteiger partial charge in [-0.05, 0) is 61.2 Å². The van der Waals surface area contributed by atoms with Gasteiger partial charge in [-0.25, -0.2) is 0 Å². The van der Waals surface area contributed by atoms with Gasteiger partial charge in [0.1, 0.15) is 5.75 Å². The molecule has 2 aromatic carbocycles. The average molecular weight is 302 g/mol. The number of phenols is 1. The first-order chi connectivity index (χ1) is 10.1. The van der Waals surface area contributed by atoms with Gasteiger partial charge < -0.3 is 5.11 Å². The van der Waals surface area contributed by atoms with Crippen molar-refractivity contribution < 1.29 is 5.11 Å². The topological polar surface area (TPSA) is 23.5 Å². The maximum atomic E-state index is 10.2. The Bertz CT molecular complexity index is 636. The van der Waals surface area contributed by atoms with Crippen LogP contribution in [0, 0.1) is 0 Å². The van der Waals surface area contributed by atoms with Crippen molar-refractivity contribution in [2.45, 2.75) is 32.4 Å². The van der Waals surface area contributed by atoms with Crippen LogP contribution in [0.4, 0.5) is 0 Å². The molecule has 2 aromatic rings. The average Bonchev–Trinajstić information content (AvgIpc) is 2.89. The van der Waals surface area contributed by atoms with Crippen molar-refractivity contribution in [3.8, 4) is 5.75 Å². The molecule has 3 heteroatoms. The summed E-state index contributed by atoms with van der Waals surface area (Å²) >= 11 is 5.91. The van der Waals surface area contributed by atoms with Crippen molar-refractivity contribution in [2.75, 3.05) is 7.05 Å². The Kier molecular flexibility index (Phi) is 4.18. The minimum absolute atomic E-state index is 0.429. The Hall–Kier alpha value is -1.51. The molecule has 0 bridgehead atoms. The van der Waals surface area contributed by atoms with Gasteiger partial charge in [-0.15, -0.1) is 0 Å². The third-order valence-corrected chi connectivity index (χ3v) is 4.35. The van der Waals surface area contributed by atoms with E-state index in [0.717, 1.165) is 36.5 Å². The number of aromatic hydroxyl groups is 1. The zero-order valence-electron chi connectivity index (χ0n) is 12.3. The number of hydrogen-bond donors (Lipinski definition) is 1. The van der Waals surface area contributed by atoms with E-state index in [2.05, 4.69) is 18.0 Å². The van der Waals surface area contributed by atoms with E-state index in [9.17, 15) is 5.11 Å². The summed E-state index contributed by atoms with van der Waals surface area (Å²) in [6.07, 6.45) is 3.45. The van der Waals surface area contributed by atoms with E-state index in [0.29, 0.717) is 5.75 Å². The van der Waals surface area contributed by atoms with Gasteiger partial charge in [0, 0.05) is 23.7 Å². The van der Waals surface area contributed by atoms with Crippen LogP contribution in [0.5, 0.6) is 5.75 Å².